The van der Waals surface area contributed by atoms with Crippen LogP contribution in [-0.4, -0.2) is 36.1 Å². The van der Waals surface area contributed by atoms with Crippen molar-refractivity contribution < 1.29 is 0 Å². The van der Waals surface area contributed by atoms with Gasteiger partial charge in [-0.15, -0.1) is 6.58 Å². The molecule has 0 aromatic heterocycles. The second kappa shape index (κ2) is 4.45. The minimum absolute atomic E-state index is 0.668. The Labute approximate surface area is 87.4 Å². The van der Waals surface area contributed by atoms with Crippen LogP contribution in [0.15, 0.2) is 12.7 Å². The first-order valence-electron chi connectivity index (χ1n) is 5.91. The molecule has 14 heavy (non-hydrogen) atoms. The summed E-state index contributed by atoms with van der Waals surface area (Å²) >= 11 is 0. The van der Waals surface area contributed by atoms with Gasteiger partial charge in [-0.05, 0) is 32.6 Å². The van der Waals surface area contributed by atoms with E-state index in [4.69, 9.17) is 0 Å². The predicted octanol–water partition coefficient (Wildman–Crippen LogP) is 1.78. The first kappa shape index (κ1) is 10.2. The summed E-state index contributed by atoms with van der Waals surface area (Å²) in [6.45, 7) is 8.37. The number of rotatable bonds is 7. The van der Waals surface area contributed by atoms with Gasteiger partial charge in [-0.25, -0.2) is 0 Å². The van der Waals surface area contributed by atoms with Crippen molar-refractivity contribution in [3.8, 4) is 0 Å². The molecule has 2 saturated carbocycles. The predicted molar refractivity (Wildman–Crippen MR) is 60.4 cm³/mol. The van der Waals surface area contributed by atoms with Gasteiger partial charge >= 0.3 is 0 Å². The minimum Gasteiger partial charge on any atom is -0.312 e. The van der Waals surface area contributed by atoms with E-state index in [-0.39, 0.29) is 0 Å². The van der Waals surface area contributed by atoms with Crippen LogP contribution in [-0.2, 0) is 0 Å². The summed E-state index contributed by atoms with van der Waals surface area (Å²) in [5, 5.41) is 3.60. The zero-order valence-electron chi connectivity index (χ0n) is 9.21. The minimum atomic E-state index is 0.668. The van der Waals surface area contributed by atoms with Crippen molar-refractivity contribution in [1.82, 2.24) is 10.2 Å². The summed E-state index contributed by atoms with van der Waals surface area (Å²) in [6, 6.07) is 2.35. The second-order valence-electron chi connectivity index (χ2n) is 4.75. The molecule has 80 valence electrons. The highest BCUT2D eigenvalue weighted by Gasteiger charge is 2.31. The summed E-state index contributed by atoms with van der Waals surface area (Å²) in [5.41, 5.74) is 0. The number of hydrogen-bond donors (Lipinski definition) is 1. The Morgan fingerprint density at radius 1 is 1.43 bits per heavy atom. The molecule has 1 N–H and O–H groups in total. The molecule has 1 unspecified atom stereocenters. The van der Waals surface area contributed by atoms with Gasteiger partial charge in [0, 0.05) is 31.2 Å². The highest BCUT2D eigenvalue weighted by atomic mass is 15.2. The molecule has 0 amide bonds. The van der Waals surface area contributed by atoms with E-state index >= 15 is 0 Å². The zero-order valence-corrected chi connectivity index (χ0v) is 9.21. The monoisotopic (exact) mass is 194 g/mol. The van der Waals surface area contributed by atoms with Crippen LogP contribution < -0.4 is 5.32 Å². The van der Waals surface area contributed by atoms with Gasteiger partial charge in [-0.2, -0.15) is 0 Å². The van der Waals surface area contributed by atoms with Crippen molar-refractivity contribution >= 4 is 0 Å². The first-order valence-corrected chi connectivity index (χ1v) is 5.91. The largest absolute Gasteiger partial charge is 0.312 e. The smallest absolute Gasteiger partial charge is 0.0198 e. The lowest BCUT2D eigenvalue weighted by Gasteiger charge is -2.28. The van der Waals surface area contributed by atoms with Gasteiger partial charge < -0.3 is 5.32 Å². The van der Waals surface area contributed by atoms with E-state index in [9.17, 15) is 0 Å². The molecule has 2 fully saturated rings. The molecule has 2 aliphatic rings. The van der Waals surface area contributed by atoms with Gasteiger partial charge in [0.25, 0.3) is 0 Å². The van der Waals surface area contributed by atoms with Crippen molar-refractivity contribution in [2.24, 2.45) is 0 Å². The molecular weight excluding hydrogens is 172 g/mol. The molecule has 2 heteroatoms. The maximum absolute atomic E-state index is 3.84. The van der Waals surface area contributed by atoms with E-state index in [0.29, 0.717) is 6.04 Å². The van der Waals surface area contributed by atoms with E-state index in [0.717, 1.165) is 25.2 Å². The van der Waals surface area contributed by atoms with E-state index in [1.54, 1.807) is 0 Å². The first-order chi connectivity index (χ1) is 6.81. The molecule has 0 saturated heterocycles. The Balaban J connectivity index is 1.72. The van der Waals surface area contributed by atoms with Crippen molar-refractivity contribution in [1.29, 1.82) is 0 Å². The van der Waals surface area contributed by atoms with Crippen LogP contribution in [0, 0.1) is 0 Å². The topological polar surface area (TPSA) is 15.3 Å². The van der Waals surface area contributed by atoms with Crippen LogP contribution in [0.25, 0.3) is 0 Å². The van der Waals surface area contributed by atoms with Crippen molar-refractivity contribution in [2.75, 3.05) is 13.1 Å². The molecule has 0 aromatic carbocycles. The van der Waals surface area contributed by atoms with Crippen LogP contribution in [0.2, 0.25) is 0 Å². The van der Waals surface area contributed by atoms with Crippen LogP contribution >= 0.6 is 0 Å². The average Bonchev–Trinajstić information content (AvgIpc) is 3.03. The van der Waals surface area contributed by atoms with Gasteiger partial charge in [-0.3, -0.25) is 4.90 Å². The number of hydrogen-bond acceptors (Lipinski definition) is 2. The van der Waals surface area contributed by atoms with Crippen molar-refractivity contribution in [3.05, 3.63) is 12.7 Å². The fraction of sp³-hybridized carbons (Fsp3) is 0.833. The van der Waals surface area contributed by atoms with Crippen molar-refractivity contribution in [2.45, 2.75) is 50.7 Å². The fourth-order valence-electron chi connectivity index (χ4n) is 1.99. The molecule has 0 spiro atoms. The Hall–Kier alpha value is -0.340. The standard InChI is InChI=1S/C12H22N2/c1-3-8-14(12-6-7-12)10(2)9-13-11-4-5-11/h3,10-13H,1,4-9H2,2H3. The highest BCUT2D eigenvalue weighted by Crippen LogP contribution is 2.28. The molecule has 2 rings (SSSR count). The van der Waals surface area contributed by atoms with E-state index in [1.165, 1.54) is 25.7 Å². The SMILES string of the molecule is C=CCN(C(C)CNC1CC1)C1CC1. The van der Waals surface area contributed by atoms with Crippen LogP contribution in [0.3, 0.4) is 0 Å². The third-order valence-electron chi connectivity index (χ3n) is 3.20. The maximum atomic E-state index is 3.84. The highest BCUT2D eigenvalue weighted by molar-refractivity contribution is 4.92. The van der Waals surface area contributed by atoms with E-state index in [2.05, 4.69) is 23.7 Å². The fourth-order valence-corrected chi connectivity index (χ4v) is 1.99. The van der Waals surface area contributed by atoms with Gasteiger partial charge in [-0.1, -0.05) is 6.08 Å². The van der Waals surface area contributed by atoms with Gasteiger partial charge in [0.2, 0.25) is 0 Å². The molecule has 0 radical (unpaired) electrons. The Morgan fingerprint density at radius 3 is 2.64 bits per heavy atom. The van der Waals surface area contributed by atoms with Crippen LogP contribution in [0.1, 0.15) is 32.6 Å². The summed E-state index contributed by atoms with van der Waals surface area (Å²) < 4.78 is 0. The zero-order chi connectivity index (χ0) is 9.97. The quantitative estimate of drug-likeness (QED) is 0.621. The lowest BCUT2D eigenvalue weighted by molar-refractivity contribution is 0.215. The Kier molecular flexibility index (Phi) is 3.24. The third-order valence-corrected chi connectivity index (χ3v) is 3.20. The lowest BCUT2D eigenvalue weighted by atomic mass is 10.2. The molecule has 0 bridgehead atoms. The summed E-state index contributed by atoms with van der Waals surface area (Å²) in [5.74, 6) is 0. The molecule has 1 atom stereocenters. The Bertz CT molecular complexity index is 194. The summed E-state index contributed by atoms with van der Waals surface area (Å²) in [6.07, 6.45) is 7.59. The summed E-state index contributed by atoms with van der Waals surface area (Å²) in [7, 11) is 0. The number of nitrogens with one attached hydrogen (secondary N) is 1. The van der Waals surface area contributed by atoms with Gasteiger partial charge in [0.15, 0.2) is 0 Å². The van der Waals surface area contributed by atoms with Gasteiger partial charge in [0.1, 0.15) is 0 Å². The van der Waals surface area contributed by atoms with E-state index < -0.39 is 0 Å². The van der Waals surface area contributed by atoms with Crippen LogP contribution in [0.4, 0.5) is 0 Å². The summed E-state index contributed by atoms with van der Waals surface area (Å²) in [4.78, 5) is 2.59. The Morgan fingerprint density at radius 2 is 2.14 bits per heavy atom. The van der Waals surface area contributed by atoms with E-state index in [1.807, 2.05) is 6.08 Å². The maximum Gasteiger partial charge on any atom is 0.0198 e. The normalized spacial score (nSPS) is 23.9. The van der Waals surface area contributed by atoms with Crippen molar-refractivity contribution in [3.63, 3.8) is 0 Å². The molecule has 0 aliphatic heterocycles. The van der Waals surface area contributed by atoms with Crippen LogP contribution in [0.5, 0.6) is 0 Å². The average molecular weight is 194 g/mol. The molecule has 0 heterocycles. The third kappa shape index (κ3) is 2.82. The number of nitrogens with zero attached hydrogens (tertiary/aromatic N) is 1. The second-order valence-corrected chi connectivity index (χ2v) is 4.75. The molecule has 2 aliphatic carbocycles. The molecule has 2 nitrogen and oxygen atoms in total. The molecule has 0 aromatic rings. The molecular formula is C12H22N2. The van der Waals surface area contributed by atoms with Gasteiger partial charge in [0.05, 0.1) is 0 Å². The lowest BCUT2D eigenvalue weighted by Crippen LogP contribution is -2.42.